The van der Waals surface area contributed by atoms with Gasteiger partial charge in [0.2, 0.25) is 0 Å². The van der Waals surface area contributed by atoms with E-state index in [1.807, 2.05) is 13.8 Å². The topological polar surface area (TPSA) is 49.9 Å². The standard InChI is InChI=1S/C7H13ClN2/c1-4(2)6(5(3)9)7(8)10/h4,9H,10H2,1-3H3/b7-6-,9-5?. The van der Waals surface area contributed by atoms with Crippen molar-refractivity contribution in [1.82, 2.24) is 0 Å². The zero-order valence-corrected chi connectivity index (χ0v) is 7.29. The maximum absolute atomic E-state index is 7.29. The summed E-state index contributed by atoms with van der Waals surface area (Å²) in [6.45, 7) is 5.61. The number of nitrogens with one attached hydrogen (secondary N) is 1. The van der Waals surface area contributed by atoms with Gasteiger partial charge < -0.3 is 11.1 Å². The minimum absolute atomic E-state index is 0.231. The number of hydrogen-bond acceptors (Lipinski definition) is 2. The predicted molar refractivity (Wildman–Crippen MR) is 45.3 cm³/mol. The Labute approximate surface area is 66.6 Å². The second kappa shape index (κ2) is 3.62. The Morgan fingerprint density at radius 2 is 1.90 bits per heavy atom. The van der Waals surface area contributed by atoms with Crippen molar-refractivity contribution in [2.75, 3.05) is 0 Å². The Kier molecular flexibility index (Phi) is 3.43. The molecule has 0 rings (SSSR count). The maximum atomic E-state index is 7.29. The Bertz CT molecular complexity index is 166. The molecule has 0 aromatic heterocycles. The Hall–Kier alpha value is -0.500. The molecule has 58 valence electrons. The molecule has 0 aliphatic carbocycles. The average Bonchev–Trinajstić information content (AvgIpc) is 1.59. The third-order valence-electron chi connectivity index (χ3n) is 1.24. The van der Waals surface area contributed by atoms with Crippen LogP contribution in [0.5, 0.6) is 0 Å². The zero-order chi connectivity index (χ0) is 8.31. The summed E-state index contributed by atoms with van der Waals surface area (Å²) in [5.74, 6) is 0.231. The first kappa shape index (κ1) is 9.50. The molecule has 0 atom stereocenters. The van der Waals surface area contributed by atoms with E-state index in [1.54, 1.807) is 6.92 Å². The predicted octanol–water partition coefficient (Wildman–Crippen LogP) is 2.09. The van der Waals surface area contributed by atoms with E-state index in [-0.39, 0.29) is 11.1 Å². The number of allylic oxidation sites excluding steroid dienone is 1. The molecule has 3 heteroatoms. The van der Waals surface area contributed by atoms with Crippen molar-refractivity contribution < 1.29 is 0 Å². The van der Waals surface area contributed by atoms with Crippen LogP contribution >= 0.6 is 11.6 Å². The van der Waals surface area contributed by atoms with Crippen LogP contribution in [0.3, 0.4) is 0 Å². The third kappa shape index (κ3) is 2.40. The van der Waals surface area contributed by atoms with E-state index in [1.165, 1.54) is 0 Å². The van der Waals surface area contributed by atoms with Gasteiger partial charge in [0.15, 0.2) is 0 Å². The van der Waals surface area contributed by atoms with E-state index < -0.39 is 0 Å². The smallest absolute Gasteiger partial charge is 0.104 e. The summed E-state index contributed by atoms with van der Waals surface area (Å²) in [7, 11) is 0. The van der Waals surface area contributed by atoms with Crippen LogP contribution in [0.15, 0.2) is 10.7 Å². The van der Waals surface area contributed by atoms with Crippen molar-refractivity contribution >= 4 is 17.3 Å². The molecule has 0 unspecified atom stereocenters. The van der Waals surface area contributed by atoms with E-state index >= 15 is 0 Å². The molecule has 0 aromatic carbocycles. The molecular weight excluding hydrogens is 148 g/mol. The molecular formula is C7H13ClN2. The van der Waals surface area contributed by atoms with Gasteiger partial charge in [-0.05, 0) is 12.8 Å². The minimum Gasteiger partial charge on any atom is -0.389 e. The van der Waals surface area contributed by atoms with Gasteiger partial charge in [-0.3, -0.25) is 0 Å². The highest BCUT2D eigenvalue weighted by atomic mass is 35.5. The molecule has 2 nitrogen and oxygen atoms in total. The molecule has 0 aliphatic rings. The van der Waals surface area contributed by atoms with Gasteiger partial charge in [-0.25, -0.2) is 0 Å². The Morgan fingerprint density at radius 3 is 1.90 bits per heavy atom. The molecule has 0 fully saturated rings. The van der Waals surface area contributed by atoms with Gasteiger partial charge in [0.1, 0.15) is 5.16 Å². The van der Waals surface area contributed by atoms with Gasteiger partial charge in [-0.2, -0.15) is 0 Å². The number of halogens is 1. The molecule has 0 radical (unpaired) electrons. The van der Waals surface area contributed by atoms with E-state index in [2.05, 4.69) is 0 Å². The zero-order valence-electron chi connectivity index (χ0n) is 6.53. The van der Waals surface area contributed by atoms with Crippen LogP contribution in [0.2, 0.25) is 0 Å². The van der Waals surface area contributed by atoms with Crippen LogP contribution in [0, 0.1) is 11.3 Å². The summed E-state index contributed by atoms with van der Waals surface area (Å²) in [6.07, 6.45) is 0. The summed E-state index contributed by atoms with van der Waals surface area (Å²) < 4.78 is 0. The van der Waals surface area contributed by atoms with Gasteiger partial charge in [0.25, 0.3) is 0 Å². The highest BCUT2D eigenvalue weighted by Crippen LogP contribution is 2.15. The molecule has 0 aromatic rings. The fourth-order valence-corrected chi connectivity index (χ4v) is 1.25. The highest BCUT2D eigenvalue weighted by Gasteiger charge is 2.08. The van der Waals surface area contributed by atoms with Crippen molar-refractivity contribution in [3.05, 3.63) is 10.7 Å². The summed E-state index contributed by atoms with van der Waals surface area (Å²) in [4.78, 5) is 0. The first-order chi connectivity index (χ1) is 4.46. The lowest BCUT2D eigenvalue weighted by molar-refractivity contribution is 0.794. The fourth-order valence-electron chi connectivity index (χ4n) is 0.888. The van der Waals surface area contributed by atoms with Crippen molar-refractivity contribution in [1.29, 1.82) is 5.41 Å². The molecule has 0 spiro atoms. The van der Waals surface area contributed by atoms with E-state index in [9.17, 15) is 0 Å². The van der Waals surface area contributed by atoms with Gasteiger partial charge in [0, 0.05) is 11.3 Å². The van der Waals surface area contributed by atoms with Crippen LogP contribution < -0.4 is 5.73 Å². The van der Waals surface area contributed by atoms with Crippen LogP contribution in [0.1, 0.15) is 20.8 Å². The van der Waals surface area contributed by atoms with Crippen LogP contribution in [-0.2, 0) is 0 Å². The maximum Gasteiger partial charge on any atom is 0.104 e. The van der Waals surface area contributed by atoms with E-state index in [0.717, 1.165) is 5.57 Å². The number of nitrogens with two attached hydrogens (primary N) is 1. The van der Waals surface area contributed by atoms with E-state index in [4.69, 9.17) is 22.7 Å². The molecule has 3 N–H and O–H groups in total. The second-order valence-corrected chi connectivity index (χ2v) is 2.95. The van der Waals surface area contributed by atoms with Crippen LogP contribution in [-0.4, -0.2) is 5.71 Å². The lowest BCUT2D eigenvalue weighted by Gasteiger charge is -2.09. The minimum atomic E-state index is 0.231. The summed E-state index contributed by atoms with van der Waals surface area (Å²) in [5, 5.41) is 7.53. The molecule has 0 amide bonds. The lowest BCUT2D eigenvalue weighted by atomic mass is 10.0. The Morgan fingerprint density at radius 1 is 1.50 bits per heavy atom. The molecule has 0 saturated heterocycles. The largest absolute Gasteiger partial charge is 0.389 e. The van der Waals surface area contributed by atoms with Crippen LogP contribution in [0.4, 0.5) is 0 Å². The quantitative estimate of drug-likeness (QED) is 0.472. The average molecular weight is 161 g/mol. The normalized spacial score (nSPS) is 13.3. The van der Waals surface area contributed by atoms with E-state index in [0.29, 0.717) is 5.71 Å². The second-order valence-electron chi connectivity index (χ2n) is 2.54. The monoisotopic (exact) mass is 160 g/mol. The molecule has 0 aliphatic heterocycles. The SMILES string of the molecule is CC(=N)/C(=C(\N)Cl)C(C)C. The first-order valence-electron chi connectivity index (χ1n) is 3.17. The van der Waals surface area contributed by atoms with Crippen molar-refractivity contribution in [2.24, 2.45) is 11.7 Å². The van der Waals surface area contributed by atoms with Gasteiger partial charge in [-0.1, -0.05) is 25.4 Å². The Balaban J connectivity index is 4.61. The van der Waals surface area contributed by atoms with Crippen molar-refractivity contribution in [2.45, 2.75) is 20.8 Å². The number of rotatable bonds is 2. The summed E-state index contributed by atoms with van der Waals surface area (Å²) >= 11 is 5.55. The van der Waals surface area contributed by atoms with Gasteiger partial charge in [-0.15, -0.1) is 0 Å². The molecule has 10 heavy (non-hydrogen) atoms. The molecule has 0 saturated carbocycles. The van der Waals surface area contributed by atoms with Gasteiger partial charge >= 0.3 is 0 Å². The van der Waals surface area contributed by atoms with Gasteiger partial charge in [0.05, 0.1) is 0 Å². The molecule has 0 heterocycles. The summed E-state index contributed by atoms with van der Waals surface area (Å²) in [6, 6.07) is 0. The van der Waals surface area contributed by atoms with Crippen molar-refractivity contribution in [3.63, 3.8) is 0 Å². The fraction of sp³-hybridized carbons (Fsp3) is 0.571. The highest BCUT2D eigenvalue weighted by molar-refractivity contribution is 6.31. The third-order valence-corrected chi connectivity index (χ3v) is 1.44. The summed E-state index contributed by atoms with van der Waals surface area (Å²) in [5.41, 5.74) is 6.53. The lowest BCUT2D eigenvalue weighted by Crippen LogP contribution is -2.09. The molecule has 0 bridgehead atoms. The number of hydrogen-bond donors (Lipinski definition) is 2. The van der Waals surface area contributed by atoms with Crippen LogP contribution in [0.25, 0.3) is 0 Å². The first-order valence-corrected chi connectivity index (χ1v) is 3.55. The van der Waals surface area contributed by atoms with Crippen molar-refractivity contribution in [3.8, 4) is 0 Å².